The lowest BCUT2D eigenvalue weighted by atomic mass is 9.69. The number of H-pyrrole nitrogens is 1. The molecule has 1 aliphatic heterocycles. The van der Waals surface area contributed by atoms with Crippen LogP contribution in [-0.2, 0) is 10.0 Å². The molecule has 0 radical (unpaired) electrons. The number of benzene rings is 2. The van der Waals surface area contributed by atoms with E-state index in [0.717, 1.165) is 99.2 Å². The molecule has 14 heteroatoms. The van der Waals surface area contributed by atoms with Crippen molar-refractivity contribution in [3.63, 3.8) is 0 Å². The van der Waals surface area contributed by atoms with Crippen LogP contribution in [0.4, 0.5) is 17.1 Å². The number of anilines is 2. The molecule has 0 bridgehead atoms. The normalized spacial score (nSPS) is 26.3. The number of carbonyl (C=O) groups is 1. The fourth-order valence-electron chi connectivity index (χ4n) is 11.0. The molecule has 4 aromatic rings. The minimum absolute atomic E-state index is 0.00136. The van der Waals surface area contributed by atoms with Gasteiger partial charge in [0.1, 0.15) is 22.8 Å². The van der Waals surface area contributed by atoms with Gasteiger partial charge in [0.05, 0.1) is 21.6 Å². The van der Waals surface area contributed by atoms with E-state index in [4.69, 9.17) is 4.74 Å². The molecule has 62 heavy (non-hydrogen) atoms. The molecule has 9 rings (SSSR count). The van der Waals surface area contributed by atoms with Gasteiger partial charge in [-0.25, -0.2) is 18.1 Å². The number of ether oxygens (including phenoxy) is 1. The molecular weight excluding hydrogens is 803 g/mol. The quantitative estimate of drug-likeness (QED) is 0.0670. The summed E-state index contributed by atoms with van der Waals surface area (Å²) in [7, 11) is -4.53. The molecule has 5 aliphatic rings. The third-order valence-electron chi connectivity index (χ3n) is 14.8. The lowest BCUT2D eigenvalue weighted by Gasteiger charge is -2.40. The van der Waals surface area contributed by atoms with Crippen LogP contribution in [0.25, 0.3) is 11.0 Å². The summed E-state index contributed by atoms with van der Waals surface area (Å²) in [6.45, 7) is 14.6. The van der Waals surface area contributed by atoms with Gasteiger partial charge in [0.2, 0.25) is 0 Å². The Balaban J connectivity index is 0.916. The molecule has 4 fully saturated rings. The van der Waals surface area contributed by atoms with Crippen molar-refractivity contribution in [2.24, 2.45) is 40.9 Å². The highest BCUT2D eigenvalue weighted by molar-refractivity contribution is 7.90. The fourth-order valence-corrected chi connectivity index (χ4v) is 12.0. The lowest BCUT2D eigenvalue weighted by molar-refractivity contribution is -0.384. The lowest BCUT2D eigenvalue weighted by Crippen LogP contribution is -2.47. The molecular formula is C48H61N7O6S. The largest absolute Gasteiger partial charge is 0.455 e. The number of piperazine rings is 1. The van der Waals surface area contributed by atoms with Crippen molar-refractivity contribution in [2.45, 2.75) is 90.4 Å². The number of allylic oxidation sites excluding steroid dienone is 1. The number of aromatic nitrogens is 2. The Bertz CT molecular complexity index is 2480. The van der Waals surface area contributed by atoms with Crippen LogP contribution in [0.5, 0.6) is 11.5 Å². The summed E-state index contributed by atoms with van der Waals surface area (Å²) >= 11 is 0. The summed E-state index contributed by atoms with van der Waals surface area (Å²) < 4.78 is 36.0. The molecule has 3 heterocycles. The Morgan fingerprint density at radius 3 is 2.52 bits per heavy atom. The number of sulfonamides is 1. The first-order valence-electron chi connectivity index (χ1n) is 22.7. The van der Waals surface area contributed by atoms with E-state index < -0.39 is 20.9 Å². The summed E-state index contributed by atoms with van der Waals surface area (Å²) in [4.78, 5) is 37.5. The van der Waals surface area contributed by atoms with E-state index in [1.807, 2.05) is 12.1 Å². The van der Waals surface area contributed by atoms with Crippen molar-refractivity contribution in [1.82, 2.24) is 19.6 Å². The standard InChI is InChI=1S/C48H61N7O6S/c1-30-5-7-32(8-6-30)27-50-43-12-10-37(24-44(43)55(57)58)62(59,60)52-47(56)38-11-9-35(23-45(38)61-36-22-33-14-16-49-46(33)51-28-36)54-19-17-53(18-20-54)29-34-13-15-48(3,4)26-42(34)40-21-31(2)39-25-41(39)40/h9-12,14,16,22-24,28,30-32,39-41,50H,5-8,13,15,17-21,25-27,29H2,1-4H3,(H,49,51)(H,52,56). The number of nitrogens with one attached hydrogen (secondary N) is 3. The van der Waals surface area contributed by atoms with Gasteiger partial charge in [-0.2, -0.15) is 0 Å². The number of pyridine rings is 1. The molecule has 2 aromatic carbocycles. The van der Waals surface area contributed by atoms with E-state index in [-0.39, 0.29) is 27.6 Å². The van der Waals surface area contributed by atoms with Crippen molar-refractivity contribution in [3.05, 3.63) is 87.7 Å². The van der Waals surface area contributed by atoms with Gasteiger partial charge in [0, 0.05) is 68.7 Å². The van der Waals surface area contributed by atoms with E-state index in [9.17, 15) is 23.3 Å². The second kappa shape index (κ2) is 17.0. The summed E-state index contributed by atoms with van der Waals surface area (Å²) in [5, 5.41) is 16.1. The third kappa shape index (κ3) is 9.08. The molecule has 330 valence electrons. The number of rotatable bonds is 13. The Kier molecular flexibility index (Phi) is 11.6. The van der Waals surface area contributed by atoms with Crippen LogP contribution in [0.2, 0.25) is 0 Å². The average Bonchev–Trinajstić information content (AvgIpc) is 3.79. The molecule has 4 unspecified atom stereocenters. The molecule has 1 amide bonds. The van der Waals surface area contributed by atoms with Crippen molar-refractivity contribution < 1.29 is 22.9 Å². The predicted molar refractivity (Wildman–Crippen MR) is 242 cm³/mol. The third-order valence-corrected chi connectivity index (χ3v) is 16.2. The highest BCUT2D eigenvalue weighted by atomic mass is 32.2. The molecule has 3 N–H and O–H groups in total. The molecule has 1 saturated heterocycles. The number of amides is 1. The maximum absolute atomic E-state index is 14.0. The van der Waals surface area contributed by atoms with Crippen LogP contribution in [-0.4, -0.2) is 73.4 Å². The SMILES string of the molecule is CC1CCC(CNc2ccc(S(=O)(=O)NC(=O)c3ccc(N4CCN(CC5=C(C6CC(C)C7CC67)CC(C)(C)CC5)CC4)cc3Oc3cnc4[nH]ccc4c3)cc2[N+](=O)[O-])CC1. The van der Waals surface area contributed by atoms with Gasteiger partial charge in [0.15, 0.2) is 0 Å². The number of nitrogens with zero attached hydrogens (tertiary/aromatic N) is 4. The van der Waals surface area contributed by atoms with Crippen LogP contribution >= 0.6 is 0 Å². The van der Waals surface area contributed by atoms with Crippen molar-refractivity contribution in [1.29, 1.82) is 0 Å². The zero-order chi connectivity index (χ0) is 43.3. The second-order valence-corrected chi connectivity index (χ2v) is 21.5. The van der Waals surface area contributed by atoms with Gasteiger partial charge in [-0.3, -0.25) is 19.8 Å². The van der Waals surface area contributed by atoms with Gasteiger partial charge in [-0.15, -0.1) is 0 Å². The predicted octanol–water partition coefficient (Wildman–Crippen LogP) is 9.54. The van der Waals surface area contributed by atoms with Gasteiger partial charge in [-0.1, -0.05) is 51.7 Å². The monoisotopic (exact) mass is 863 g/mol. The van der Waals surface area contributed by atoms with Gasteiger partial charge in [0.25, 0.3) is 21.6 Å². The first-order chi connectivity index (χ1) is 29.7. The van der Waals surface area contributed by atoms with E-state index in [1.165, 1.54) is 44.2 Å². The van der Waals surface area contributed by atoms with Crippen molar-refractivity contribution in [3.8, 4) is 11.5 Å². The maximum atomic E-state index is 14.0. The molecule has 4 aliphatic carbocycles. The summed E-state index contributed by atoms with van der Waals surface area (Å²) in [5.41, 5.74) is 5.23. The number of nitro benzene ring substituents is 1. The number of nitro groups is 1. The average molecular weight is 864 g/mol. The summed E-state index contributed by atoms with van der Waals surface area (Å²) in [6.07, 6.45) is 14.1. The van der Waals surface area contributed by atoms with E-state index in [1.54, 1.807) is 41.7 Å². The molecule has 13 nitrogen and oxygen atoms in total. The van der Waals surface area contributed by atoms with E-state index in [2.05, 4.69) is 57.5 Å². The molecule has 0 spiro atoms. The van der Waals surface area contributed by atoms with Crippen LogP contribution in [0, 0.1) is 51.0 Å². The number of fused-ring (bicyclic) bond motifs is 2. The first kappa shape index (κ1) is 42.4. The Morgan fingerprint density at radius 2 is 1.79 bits per heavy atom. The van der Waals surface area contributed by atoms with Crippen LogP contribution in [0.3, 0.4) is 0 Å². The zero-order valence-corrected chi connectivity index (χ0v) is 37.3. The van der Waals surface area contributed by atoms with E-state index >= 15 is 0 Å². The van der Waals surface area contributed by atoms with E-state index in [0.29, 0.717) is 35.2 Å². The topological polar surface area (TPSA) is 163 Å². The molecule has 4 atom stereocenters. The zero-order valence-electron chi connectivity index (χ0n) is 36.5. The Morgan fingerprint density at radius 1 is 1.00 bits per heavy atom. The number of hydrogen-bond donors (Lipinski definition) is 3. The van der Waals surface area contributed by atoms with Crippen molar-refractivity contribution in [2.75, 3.05) is 49.5 Å². The maximum Gasteiger partial charge on any atom is 0.293 e. The van der Waals surface area contributed by atoms with Crippen molar-refractivity contribution >= 4 is 44.0 Å². The minimum atomic E-state index is -4.53. The molecule has 2 aromatic heterocycles. The van der Waals surface area contributed by atoms with Gasteiger partial charge < -0.3 is 19.9 Å². The first-order valence-corrected chi connectivity index (χ1v) is 24.2. The highest BCUT2D eigenvalue weighted by Gasteiger charge is 2.54. The number of hydrogen-bond acceptors (Lipinski definition) is 10. The molecule has 3 saturated carbocycles. The van der Waals surface area contributed by atoms with Gasteiger partial charge in [-0.05, 0) is 122 Å². The summed E-state index contributed by atoms with van der Waals surface area (Å²) in [6, 6.07) is 12.6. The Labute approximate surface area is 365 Å². The number of aromatic amines is 1. The van der Waals surface area contributed by atoms with Crippen LogP contribution < -0.4 is 19.7 Å². The van der Waals surface area contributed by atoms with Crippen LogP contribution in [0.15, 0.2) is 77.0 Å². The highest BCUT2D eigenvalue weighted by Crippen LogP contribution is 2.62. The smallest absolute Gasteiger partial charge is 0.293 e. The van der Waals surface area contributed by atoms with Crippen LogP contribution in [0.1, 0.15) is 95.8 Å². The second-order valence-electron chi connectivity index (χ2n) is 19.9. The Hall–Kier alpha value is -4.95. The van der Waals surface area contributed by atoms with Gasteiger partial charge >= 0.3 is 0 Å². The minimum Gasteiger partial charge on any atom is -0.455 e. The summed E-state index contributed by atoms with van der Waals surface area (Å²) in [5.74, 6) is 4.16. The number of carbonyl (C=O) groups excluding carboxylic acids is 1. The fraction of sp³-hybridized carbons (Fsp3) is 0.542.